The third-order valence-corrected chi connectivity index (χ3v) is 24.4. The zero-order valence-electron chi connectivity index (χ0n) is 67.2. The molecule has 0 spiro atoms. The number of anilines is 8. The number of hydrogen-bond donors (Lipinski definition) is 7. The predicted octanol–water partition coefficient (Wildman–Crippen LogP) is 14.7. The van der Waals surface area contributed by atoms with E-state index in [1.165, 1.54) is 110 Å². The summed E-state index contributed by atoms with van der Waals surface area (Å²) in [5.41, 5.74) is 14.6. The number of nitrogens with one attached hydrogen (secondary N) is 6. The number of nitrogens with two attached hydrogens (primary N) is 1. The second-order valence-electron chi connectivity index (χ2n) is 29.5. The van der Waals surface area contributed by atoms with E-state index in [1.807, 2.05) is 60.2 Å². The van der Waals surface area contributed by atoms with E-state index in [0.29, 0.717) is 75.8 Å². The molecule has 3 aliphatic carbocycles. The van der Waals surface area contributed by atoms with Crippen molar-refractivity contribution in [3.8, 4) is 0 Å². The van der Waals surface area contributed by atoms with Crippen molar-refractivity contribution in [2.45, 2.75) is 247 Å². The van der Waals surface area contributed by atoms with Crippen LogP contribution in [-0.2, 0) is 20.0 Å². The summed E-state index contributed by atoms with van der Waals surface area (Å²) in [5, 5.41) is 41.1. The molecule has 3 atom stereocenters. The molecule has 0 unspecified atom stereocenters. The first-order valence-corrected chi connectivity index (χ1v) is 41.0. The van der Waals surface area contributed by atoms with Crippen molar-refractivity contribution < 1.29 is 51.5 Å². The molecule has 11 aromatic rings. The number of halogens is 1. The van der Waals surface area contributed by atoms with Gasteiger partial charge in [-0.05, 0) is 207 Å². The molecule has 3 fully saturated rings. The molecule has 0 saturated heterocycles. The van der Waals surface area contributed by atoms with Gasteiger partial charge in [-0.15, -0.1) is 0 Å². The molecular formula is C79H119ClN21NaO5S5. The molecule has 9 aromatic heterocycles. The number of hydrogen-bond acceptors (Lipinski definition) is 20. The Morgan fingerprint density at radius 1 is 0.464 bits per heavy atom. The maximum Gasteiger partial charge on any atom is 1.00 e. The summed E-state index contributed by atoms with van der Waals surface area (Å²) in [4.78, 5) is 31.2. The zero-order chi connectivity index (χ0) is 77.0. The number of nitrogen functional groups attached to an aromatic ring is 1. The van der Waals surface area contributed by atoms with E-state index < -0.39 is 20.0 Å². The normalized spacial score (nSPS) is 14.9. The van der Waals surface area contributed by atoms with E-state index in [2.05, 4.69) is 131 Å². The molecule has 112 heavy (non-hydrogen) atoms. The van der Waals surface area contributed by atoms with E-state index in [1.54, 1.807) is 79.3 Å². The summed E-state index contributed by atoms with van der Waals surface area (Å²) in [6, 6.07) is 20.9. The van der Waals surface area contributed by atoms with Crippen molar-refractivity contribution in [2.75, 3.05) is 39.4 Å². The second-order valence-corrected chi connectivity index (χ2v) is 33.5. The van der Waals surface area contributed by atoms with Gasteiger partial charge < -0.3 is 42.4 Å². The van der Waals surface area contributed by atoms with E-state index in [4.69, 9.17) is 37.4 Å². The molecule has 26 nitrogen and oxygen atoms in total. The fraction of sp³-hybridized carbons (Fsp3) is 0.506. The topological polar surface area (TPSA) is 334 Å². The van der Waals surface area contributed by atoms with Crippen LogP contribution >= 0.6 is 52.1 Å². The Morgan fingerprint density at radius 2 is 0.812 bits per heavy atom. The van der Waals surface area contributed by atoms with Gasteiger partial charge in [0.05, 0.1) is 78.7 Å². The van der Waals surface area contributed by atoms with Crippen LogP contribution in [0, 0.1) is 52.4 Å². The van der Waals surface area contributed by atoms with Gasteiger partial charge in [0.25, 0.3) is 20.0 Å². The van der Waals surface area contributed by atoms with Crippen LogP contribution in [0.15, 0.2) is 114 Å². The number of aryl methyl sites for hydroxylation is 2. The van der Waals surface area contributed by atoms with Crippen LogP contribution in [0.25, 0.3) is 33.1 Å². The first-order valence-electron chi connectivity index (χ1n) is 37.7. The largest absolute Gasteiger partial charge is 1.00 e. The summed E-state index contributed by atoms with van der Waals surface area (Å²) in [5.74, 6) is 4.83. The van der Waals surface area contributed by atoms with Gasteiger partial charge in [0.2, 0.25) is 17.2 Å². The molecular weight excluding hydrogens is 1540 g/mol. The molecule has 0 aliphatic heterocycles. The van der Waals surface area contributed by atoms with E-state index in [0.717, 1.165) is 69.2 Å². The first-order chi connectivity index (χ1) is 51.2. The van der Waals surface area contributed by atoms with E-state index in [-0.39, 0.29) is 116 Å². The molecule has 9 heterocycles. The minimum absolute atomic E-state index is 0. The number of H-pyrrole nitrogens is 1. The third kappa shape index (κ3) is 22.9. The van der Waals surface area contributed by atoms with E-state index >= 15 is 0 Å². The van der Waals surface area contributed by atoms with E-state index in [9.17, 15) is 16.8 Å². The van der Waals surface area contributed by atoms with Crippen LogP contribution in [0.2, 0.25) is 5.28 Å². The summed E-state index contributed by atoms with van der Waals surface area (Å²) >= 11 is 6.17. The van der Waals surface area contributed by atoms with Gasteiger partial charge >= 0.3 is 29.6 Å². The van der Waals surface area contributed by atoms with Gasteiger partial charge in [0.15, 0.2) is 11.3 Å². The minimum atomic E-state index is -3.86. The predicted molar refractivity (Wildman–Crippen MR) is 467 cm³/mol. The van der Waals surface area contributed by atoms with Crippen molar-refractivity contribution in [3.05, 3.63) is 137 Å². The fourth-order valence-corrected chi connectivity index (χ4v) is 17.4. The number of aromatic amines is 1. The van der Waals surface area contributed by atoms with Gasteiger partial charge in [-0.3, -0.25) is 14.0 Å². The molecule has 0 radical (unpaired) electrons. The molecule has 2 aromatic carbocycles. The quantitative estimate of drug-likeness (QED) is 0.0275. The first kappa shape index (κ1) is 95.5. The van der Waals surface area contributed by atoms with Gasteiger partial charge in [-0.1, -0.05) is 101 Å². The van der Waals surface area contributed by atoms with Crippen molar-refractivity contribution >= 4 is 152 Å². The molecule has 608 valence electrons. The maximum absolute atomic E-state index is 13.7. The number of benzene rings is 2. The Hall–Kier alpha value is -7.07. The fourth-order valence-electron chi connectivity index (χ4n) is 14.6. The summed E-state index contributed by atoms with van der Waals surface area (Å²) in [6.45, 7) is 29.1. The van der Waals surface area contributed by atoms with Crippen LogP contribution in [0.5, 0.6) is 0 Å². The Kier molecular flexibility index (Phi) is 36.7. The molecule has 8 N–H and O–H groups in total. The van der Waals surface area contributed by atoms with Crippen molar-refractivity contribution in [1.29, 1.82) is 0 Å². The molecule has 33 heteroatoms. The standard InChI is InChI=1S/C28H37N7O2S.C21H25ClN4O2S.C21H31N7.C7H13N3.CH3O.CH4.Na.3H2S/c1-18(2)35-21(5)25(17-29-35)31-28-32-26(30-20(4)22-9-7-6-8-10-22)24-15-16-34(27(24)33-28)38(36,37)23-13-11-19(3)12-14-23;1-14-8-10-17(11-9-14)29(27,28)26-13-12-18-19(24-21(22)25-20(18)26)23-15(2)16-6-4-3-5-7-16;1-13(2)28-15(4)18(12-23-28)25-21-26-19-17(10-11-22-19)20(27-21)24-14(3)16-8-6-5-7-9-16;1-5(2)10-6(3)7(8)4-9-10;1-2;;;;;/h11-18,20,22H,6-10H2,1-5H3,(H2,30,31,32,33);8-13,15-16H,3-7H2,1-2H3,(H,23,24,25);10-14,16H,5-9H2,1-4H3,(H3,22,24,25,26,27);4-5H,8H2,1-3H3;1H3;1H4;;3*1H2/q;;;;-1;;+1;;;/t20-;15-;14-;;;;;;;/m000......./s1. The molecule has 3 aliphatic rings. The van der Waals surface area contributed by atoms with Crippen LogP contribution in [-0.4, -0.2) is 114 Å². The summed E-state index contributed by atoms with van der Waals surface area (Å²) in [6.07, 6.45) is 29.3. The Bertz CT molecular complexity index is 4990. The van der Waals surface area contributed by atoms with Gasteiger partial charge in [-0.25, -0.2) is 29.8 Å². The van der Waals surface area contributed by atoms with Crippen LogP contribution in [0.4, 0.5) is 46.4 Å². The number of rotatable bonds is 20. The van der Waals surface area contributed by atoms with Gasteiger partial charge in [0.1, 0.15) is 23.1 Å². The van der Waals surface area contributed by atoms with Gasteiger partial charge in [0, 0.05) is 54.8 Å². The van der Waals surface area contributed by atoms with Gasteiger partial charge in [-0.2, -0.15) is 87.8 Å². The maximum atomic E-state index is 13.7. The summed E-state index contributed by atoms with van der Waals surface area (Å²) < 4.78 is 61.9. The third-order valence-electron chi connectivity index (χ3n) is 20.9. The molecule has 0 amide bonds. The minimum Gasteiger partial charge on any atom is -0.857 e. The Labute approximate surface area is 710 Å². The Morgan fingerprint density at radius 3 is 1.17 bits per heavy atom. The average molecular weight is 1660 g/mol. The monoisotopic (exact) mass is 1660 g/mol. The number of aromatic nitrogens is 15. The van der Waals surface area contributed by atoms with Crippen molar-refractivity contribution in [2.24, 2.45) is 17.8 Å². The molecule has 3 saturated carbocycles. The molecule has 0 bridgehead atoms. The smallest absolute Gasteiger partial charge is 0.857 e. The Balaban J connectivity index is 0.000000276. The van der Waals surface area contributed by atoms with Crippen molar-refractivity contribution in [3.63, 3.8) is 0 Å². The molecule has 14 rings (SSSR count). The number of nitrogens with zero attached hydrogens (tertiary/aromatic N) is 14. The average Bonchev–Trinajstić information content (AvgIpc) is 1.58. The zero-order valence-corrected chi connectivity index (χ0v) is 74.6. The van der Waals surface area contributed by atoms with Crippen LogP contribution in [0.3, 0.4) is 0 Å². The second kappa shape index (κ2) is 43.0. The summed E-state index contributed by atoms with van der Waals surface area (Å²) in [7, 11) is -6.89. The SMILES string of the molecule is C.C[O-].Cc1c(N)cnn1C(C)C.Cc1c(Nc2nc(N[C@@H](C)C3CCCCC3)c3cc[nH]c3n2)cnn1C(C)C.Cc1ccc(S(=O)(=O)n2ccc3c(N[C@@H](C)C4CCCCC4)nc(Cl)nc32)cc1.Cc1ccc(S(=O)(=O)n2ccc3c(N[C@@H](C)C4CCCCC4)nc(Nc4cnn(C(C)C)c4C)nc32)cc1.S.S.S.[Na+]. The van der Waals surface area contributed by atoms with Crippen LogP contribution in [0.1, 0.15) is 212 Å². The van der Waals surface area contributed by atoms with Crippen molar-refractivity contribution in [1.82, 2.24) is 72.2 Å². The van der Waals surface area contributed by atoms with Crippen LogP contribution < -0.4 is 67.0 Å². The number of fused-ring (bicyclic) bond motifs is 3.